The van der Waals surface area contributed by atoms with Gasteiger partial charge >= 0.3 is 0 Å². The highest BCUT2D eigenvalue weighted by Crippen LogP contribution is 2.40. The number of imidazole rings is 1. The summed E-state index contributed by atoms with van der Waals surface area (Å²) in [4.78, 5) is 20.4. The van der Waals surface area contributed by atoms with Crippen molar-refractivity contribution in [2.75, 3.05) is 19.6 Å². The molecule has 2 aliphatic rings. The molecule has 1 aliphatic carbocycles. The summed E-state index contributed by atoms with van der Waals surface area (Å²) < 4.78 is 2.09. The van der Waals surface area contributed by atoms with E-state index in [0.717, 1.165) is 24.4 Å². The van der Waals surface area contributed by atoms with Crippen molar-refractivity contribution in [1.82, 2.24) is 19.6 Å². The van der Waals surface area contributed by atoms with E-state index in [1.54, 1.807) is 0 Å². The van der Waals surface area contributed by atoms with E-state index in [4.69, 9.17) is 4.98 Å². The molecule has 1 amide bonds. The van der Waals surface area contributed by atoms with Crippen molar-refractivity contribution in [3.05, 3.63) is 71.8 Å². The molecule has 1 atom stereocenters. The number of aromatic nitrogens is 2. The van der Waals surface area contributed by atoms with Gasteiger partial charge in [-0.05, 0) is 56.5 Å². The zero-order chi connectivity index (χ0) is 19.6. The van der Waals surface area contributed by atoms with Gasteiger partial charge in [0.1, 0.15) is 5.82 Å². The zero-order valence-corrected chi connectivity index (χ0v) is 16.8. The van der Waals surface area contributed by atoms with Gasteiger partial charge in [-0.2, -0.15) is 0 Å². The van der Waals surface area contributed by atoms with Crippen LogP contribution in [0.4, 0.5) is 0 Å². The molecule has 5 rings (SSSR count). The smallest absolute Gasteiger partial charge is 0.272 e. The van der Waals surface area contributed by atoms with Crippen LogP contribution in [-0.2, 0) is 0 Å². The van der Waals surface area contributed by atoms with Gasteiger partial charge in [0.25, 0.3) is 5.91 Å². The average molecular weight is 389 g/mol. The number of carbonyl (C=O) groups excluding carboxylic acids is 1. The van der Waals surface area contributed by atoms with Gasteiger partial charge in [0.05, 0.1) is 11.6 Å². The number of piperidine rings is 1. The highest BCUT2D eigenvalue weighted by Gasteiger charge is 2.31. The normalized spacial score (nSPS) is 18.6. The van der Waals surface area contributed by atoms with Crippen LogP contribution in [0.3, 0.4) is 0 Å². The van der Waals surface area contributed by atoms with Gasteiger partial charge in [0, 0.05) is 18.7 Å². The lowest BCUT2D eigenvalue weighted by Gasteiger charge is -2.35. The first-order chi connectivity index (χ1) is 14.3. The molecule has 0 bridgehead atoms. The molecule has 3 aromatic rings. The summed E-state index contributed by atoms with van der Waals surface area (Å²) in [7, 11) is 0. The number of nitrogens with zero attached hydrogens (tertiary/aromatic N) is 3. The molecule has 5 heteroatoms. The van der Waals surface area contributed by atoms with Crippen molar-refractivity contribution >= 4 is 11.4 Å². The number of carbonyl (C=O) groups is 1. The molecule has 29 heavy (non-hydrogen) atoms. The maximum Gasteiger partial charge on any atom is 0.272 e. The number of fused-ring (bicyclic) bond motifs is 1. The number of likely N-dealkylation sites (tertiary alicyclic amines) is 1. The van der Waals surface area contributed by atoms with Crippen molar-refractivity contribution < 1.29 is 4.79 Å². The topological polar surface area (TPSA) is 49.6 Å². The third kappa shape index (κ3) is 3.79. The fourth-order valence-corrected chi connectivity index (χ4v) is 4.49. The predicted octanol–water partition coefficient (Wildman–Crippen LogP) is 4.17. The fraction of sp³-hybridized carbons (Fsp3) is 0.417. The number of rotatable bonds is 6. The Bertz CT molecular complexity index is 987. The van der Waals surface area contributed by atoms with Crippen molar-refractivity contribution in [1.29, 1.82) is 0 Å². The largest absolute Gasteiger partial charge is 0.349 e. The summed E-state index contributed by atoms with van der Waals surface area (Å²) in [6.45, 7) is 2.79. The highest BCUT2D eigenvalue weighted by molar-refractivity contribution is 5.99. The Labute approximate surface area is 171 Å². The summed E-state index contributed by atoms with van der Waals surface area (Å²) in [5.41, 5.74) is 2.72. The van der Waals surface area contributed by atoms with Crippen LogP contribution in [0.2, 0.25) is 0 Å². The molecule has 0 radical (unpaired) electrons. The van der Waals surface area contributed by atoms with Crippen LogP contribution in [0.25, 0.3) is 5.52 Å². The predicted molar refractivity (Wildman–Crippen MR) is 114 cm³/mol. The summed E-state index contributed by atoms with van der Waals surface area (Å²) in [6.07, 6.45) is 8.11. The third-order valence-electron chi connectivity index (χ3n) is 6.20. The number of nitrogens with one attached hydrogen (secondary N) is 1. The van der Waals surface area contributed by atoms with E-state index in [2.05, 4.69) is 38.9 Å². The van der Waals surface area contributed by atoms with E-state index >= 15 is 0 Å². The maximum atomic E-state index is 13.1. The maximum absolute atomic E-state index is 13.1. The lowest BCUT2D eigenvalue weighted by molar-refractivity contribution is 0.0921. The van der Waals surface area contributed by atoms with Gasteiger partial charge < -0.3 is 9.72 Å². The van der Waals surface area contributed by atoms with E-state index < -0.39 is 0 Å². The van der Waals surface area contributed by atoms with E-state index in [-0.39, 0.29) is 11.9 Å². The summed E-state index contributed by atoms with van der Waals surface area (Å²) >= 11 is 0. The first-order valence-corrected chi connectivity index (χ1v) is 10.9. The van der Waals surface area contributed by atoms with E-state index in [0.29, 0.717) is 18.2 Å². The molecule has 3 heterocycles. The standard InChI is InChI=1S/C24H28N4O/c29-24(22-20-11-5-8-16-28(20)23(26-22)19-12-13-19)25-17-21(18-9-3-1-4-10-18)27-14-6-2-7-15-27/h1,3-5,8-11,16,19,21H,2,6-7,12-15,17H2,(H,25,29). The van der Waals surface area contributed by atoms with E-state index in [9.17, 15) is 4.79 Å². The monoisotopic (exact) mass is 388 g/mol. The van der Waals surface area contributed by atoms with Crippen LogP contribution in [0.15, 0.2) is 54.7 Å². The Morgan fingerprint density at radius 3 is 2.55 bits per heavy atom. The summed E-state index contributed by atoms with van der Waals surface area (Å²) in [5, 5.41) is 3.20. The SMILES string of the molecule is O=C(NCC(c1ccccc1)N1CCCCC1)c1nc(C2CC2)n2ccccc12. The molecule has 0 spiro atoms. The molecule has 1 N–H and O–H groups in total. The molecule has 2 aromatic heterocycles. The van der Waals surface area contributed by atoms with Crippen LogP contribution in [0, 0.1) is 0 Å². The van der Waals surface area contributed by atoms with Crippen molar-refractivity contribution in [2.45, 2.75) is 44.1 Å². The molecule has 150 valence electrons. The molecule has 1 aliphatic heterocycles. The number of hydrogen-bond donors (Lipinski definition) is 1. The van der Waals surface area contributed by atoms with Crippen molar-refractivity contribution in [3.8, 4) is 0 Å². The quantitative estimate of drug-likeness (QED) is 0.690. The van der Waals surface area contributed by atoms with Crippen LogP contribution in [0.1, 0.15) is 65.9 Å². The van der Waals surface area contributed by atoms with Crippen molar-refractivity contribution in [3.63, 3.8) is 0 Å². The Hall–Kier alpha value is -2.66. The molecular weight excluding hydrogens is 360 g/mol. The van der Waals surface area contributed by atoms with Gasteiger partial charge in [0.15, 0.2) is 5.69 Å². The number of hydrogen-bond acceptors (Lipinski definition) is 3. The second-order valence-corrected chi connectivity index (χ2v) is 8.28. The second-order valence-electron chi connectivity index (χ2n) is 8.28. The summed E-state index contributed by atoms with van der Waals surface area (Å²) in [6, 6.07) is 16.7. The molecule has 2 fully saturated rings. The summed E-state index contributed by atoms with van der Waals surface area (Å²) in [5.74, 6) is 1.46. The lowest BCUT2D eigenvalue weighted by Crippen LogP contribution is -2.40. The molecule has 1 saturated heterocycles. The Kier molecular flexibility index (Phi) is 5.06. The number of amides is 1. The minimum atomic E-state index is -0.0708. The van der Waals surface area contributed by atoms with Gasteiger partial charge in [-0.1, -0.05) is 42.8 Å². The molecule has 1 aromatic carbocycles. The molecule has 1 saturated carbocycles. The Morgan fingerprint density at radius 1 is 1.03 bits per heavy atom. The van der Waals surface area contributed by atoms with E-state index in [1.807, 2.05) is 30.5 Å². The molecule has 1 unspecified atom stereocenters. The lowest BCUT2D eigenvalue weighted by atomic mass is 10.0. The van der Waals surface area contributed by atoms with E-state index in [1.165, 1.54) is 37.7 Å². The van der Waals surface area contributed by atoms with Crippen LogP contribution < -0.4 is 5.32 Å². The minimum absolute atomic E-state index is 0.0708. The fourth-order valence-electron chi connectivity index (χ4n) is 4.49. The van der Waals surface area contributed by atoms with Crippen LogP contribution >= 0.6 is 0 Å². The number of pyridine rings is 1. The third-order valence-corrected chi connectivity index (χ3v) is 6.20. The highest BCUT2D eigenvalue weighted by atomic mass is 16.1. The van der Waals surface area contributed by atoms with Crippen LogP contribution in [0.5, 0.6) is 0 Å². The Morgan fingerprint density at radius 2 is 1.79 bits per heavy atom. The first kappa shape index (κ1) is 18.4. The van der Waals surface area contributed by atoms with Crippen LogP contribution in [-0.4, -0.2) is 39.8 Å². The first-order valence-electron chi connectivity index (χ1n) is 10.9. The van der Waals surface area contributed by atoms with Gasteiger partial charge in [0.2, 0.25) is 0 Å². The minimum Gasteiger partial charge on any atom is -0.349 e. The van der Waals surface area contributed by atoms with Gasteiger partial charge in [-0.15, -0.1) is 0 Å². The second kappa shape index (κ2) is 7.99. The molecular formula is C24H28N4O. The number of benzene rings is 1. The van der Waals surface area contributed by atoms with Crippen molar-refractivity contribution in [2.24, 2.45) is 0 Å². The molecule has 5 nitrogen and oxygen atoms in total. The van der Waals surface area contributed by atoms with Gasteiger partial charge in [-0.3, -0.25) is 9.69 Å². The zero-order valence-electron chi connectivity index (χ0n) is 16.8. The Balaban J connectivity index is 1.37. The average Bonchev–Trinajstić information content (AvgIpc) is 3.55. The van der Waals surface area contributed by atoms with Gasteiger partial charge in [-0.25, -0.2) is 4.98 Å².